The molecule has 0 bridgehead atoms. The second kappa shape index (κ2) is 11.0. The van der Waals surface area contributed by atoms with E-state index in [0.717, 1.165) is 27.0 Å². The molecule has 180 valence electrons. The molecule has 0 radical (unpaired) electrons. The summed E-state index contributed by atoms with van der Waals surface area (Å²) in [5, 5.41) is 16.1. The summed E-state index contributed by atoms with van der Waals surface area (Å²) in [5.74, 6) is 0.656. The lowest BCUT2D eigenvalue weighted by Gasteiger charge is -2.19. The van der Waals surface area contributed by atoms with Gasteiger partial charge in [-0.05, 0) is 65.0 Å². The van der Waals surface area contributed by atoms with Crippen molar-refractivity contribution >= 4 is 38.9 Å². The number of hydrogen-bond acceptors (Lipinski definition) is 7. The number of hydrogen-bond donors (Lipinski definition) is 4. The van der Waals surface area contributed by atoms with Crippen LogP contribution in [0.15, 0.2) is 72.8 Å². The van der Waals surface area contributed by atoms with E-state index in [1.54, 1.807) is 50.0 Å². The third-order valence-corrected chi connectivity index (χ3v) is 6.59. The first kappa shape index (κ1) is 24.2. The van der Waals surface area contributed by atoms with Gasteiger partial charge in [0, 0.05) is 16.9 Å². The van der Waals surface area contributed by atoms with E-state index in [9.17, 15) is 9.59 Å². The normalized spacial score (nSPS) is 11.6. The maximum absolute atomic E-state index is 13.4. The van der Waals surface area contributed by atoms with Crippen LogP contribution in [0.25, 0.3) is 10.1 Å². The number of amides is 2. The molecule has 35 heavy (non-hydrogen) atoms. The molecule has 0 aliphatic heterocycles. The lowest BCUT2D eigenvalue weighted by atomic mass is 10.0. The zero-order valence-electron chi connectivity index (χ0n) is 19.2. The van der Waals surface area contributed by atoms with Crippen LogP contribution in [0.2, 0.25) is 0 Å². The number of rotatable bonds is 9. The van der Waals surface area contributed by atoms with Gasteiger partial charge < -0.3 is 14.8 Å². The molecule has 1 aromatic heterocycles. The van der Waals surface area contributed by atoms with Gasteiger partial charge in [0.1, 0.15) is 17.5 Å². The van der Waals surface area contributed by atoms with Crippen molar-refractivity contribution in [1.82, 2.24) is 10.8 Å². The third kappa shape index (κ3) is 5.78. The first-order valence-corrected chi connectivity index (χ1v) is 11.6. The first-order valence-electron chi connectivity index (χ1n) is 10.8. The van der Waals surface area contributed by atoms with E-state index in [0.29, 0.717) is 22.9 Å². The predicted octanol–water partition coefficient (Wildman–Crippen LogP) is 4.51. The zero-order chi connectivity index (χ0) is 24.8. The molecule has 1 atom stereocenters. The zero-order valence-corrected chi connectivity index (χ0v) is 20.0. The second-order valence-electron chi connectivity index (χ2n) is 7.73. The molecule has 3 aromatic carbocycles. The van der Waals surface area contributed by atoms with Crippen LogP contribution < -0.4 is 25.6 Å². The number of fused-ring (bicyclic) bond motifs is 1. The van der Waals surface area contributed by atoms with Gasteiger partial charge in [0.15, 0.2) is 0 Å². The van der Waals surface area contributed by atoms with E-state index >= 15 is 0 Å². The molecule has 0 spiro atoms. The van der Waals surface area contributed by atoms with Gasteiger partial charge in [0.2, 0.25) is 5.91 Å². The topological polar surface area (TPSA) is 109 Å². The molecular weight excluding hydrogens is 466 g/mol. The van der Waals surface area contributed by atoms with Gasteiger partial charge in [-0.15, -0.1) is 11.3 Å². The number of thiophene rings is 1. The highest BCUT2D eigenvalue weighted by Crippen LogP contribution is 2.29. The standard InChI is InChI=1S/C26H25N3O5S/c1-33-20-9-3-16(4-10-20)15-27-24(26(31)28-19-7-11-21(34-2)12-8-19)18-6-5-17-13-23(25(30)29-32)35-22(17)14-18/h3-14,24,27,32H,15H2,1-2H3,(H,28,31)(H,29,30). The molecule has 0 saturated heterocycles. The maximum Gasteiger partial charge on any atom is 0.284 e. The Morgan fingerprint density at radius 2 is 1.57 bits per heavy atom. The van der Waals surface area contributed by atoms with Crippen LogP contribution in [0.1, 0.15) is 26.8 Å². The van der Waals surface area contributed by atoms with E-state index in [2.05, 4.69) is 10.6 Å². The Kier molecular flexibility index (Phi) is 7.61. The molecule has 1 heterocycles. The number of nitrogens with one attached hydrogen (secondary N) is 3. The van der Waals surface area contributed by atoms with Crippen LogP contribution in [0, 0.1) is 0 Å². The molecule has 0 aliphatic carbocycles. The fourth-order valence-corrected chi connectivity index (χ4v) is 4.61. The average molecular weight is 492 g/mol. The Morgan fingerprint density at radius 1 is 0.914 bits per heavy atom. The van der Waals surface area contributed by atoms with Crippen LogP contribution in [-0.4, -0.2) is 31.2 Å². The highest BCUT2D eigenvalue weighted by molar-refractivity contribution is 7.20. The number of anilines is 1. The average Bonchev–Trinajstić information content (AvgIpc) is 3.33. The van der Waals surface area contributed by atoms with E-state index < -0.39 is 11.9 Å². The van der Waals surface area contributed by atoms with E-state index in [1.807, 2.05) is 42.5 Å². The van der Waals surface area contributed by atoms with Gasteiger partial charge >= 0.3 is 0 Å². The minimum Gasteiger partial charge on any atom is -0.497 e. The monoisotopic (exact) mass is 491 g/mol. The molecule has 0 fully saturated rings. The quantitative estimate of drug-likeness (QED) is 0.203. The Bertz CT molecular complexity index is 1320. The van der Waals surface area contributed by atoms with Crippen molar-refractivity contribution in [3.05, 3.63) is 88.8 Å². The second-order valence-corrected chi connectivity index (χ2v) is 8.81. The summed E-state index contributed by atoms with van der Waals surface area (Å²) >= 11 is 1.24. The fourth-order valence-electron chi connectivity index (χ4n) is 3.61. The third-order valence-electron chi connectivity index (χ3n) is 5.49. The van der Waals surface area contributed by atoms with Gasteiger partial charge in [0.25, 0.3) is 5.91 Å². The van der Waals surface area contributed by atoms with Gasteiger partial charge in [0.05, 0.1) is 19.1 Å². The number of carbonyl (C=O) groups excluding carboxylic acids is 2. The van der Waals surface area contributed by atoms with Gasteiger partial charge in [-0.2, -0.15) is 0 Å². The summed E-state index contributed by atoms with van der Waals surface area (Å²) in [6, 6.07) is 21.4. The predicted molar refractivity (Wildman–Crippen MR) is 135 cm³/mol. The van der Waals surface area contributed by atoms with Gasteiger partial charge in [-0.25, -0.2) is 5.48 Å². The van der Waals surface area contributed by atoms with E-state index in [1.165, 1.54) is 11.3 Å². The molecule has 2 amide bonds. The summed E-state index contributed by atoms with van der Waals surface area (Å²) in [6.07, 6.45) is 0. The van der Waals surface area contributed by atoms with Crippen molar-refractivity contribution in [2.75, 3.05) is 19.5 Å². The summed E-state index contributed by atoms with van der Waals surface area (Å²) < 4.78 is 11.2. The molecule has 4 aromatic rings. The summed E-state index contributed by atoms with van der Waals surface area (Å²) in [7, 11) is 3.20. The van der Waals surface area contributed by atoms with Crippen molar-refractivity contribution in [2.24, 2.45) is 0 Å². The number of ether oxygens (including phenoxy) is 2. The van der Waals surface area contributed by atoms with E-state index in [4.69, 9.17) is 14.7 Å². The Labute approximate surface area is 206 Å². The lowest BCUT2D eigenvalue weighted by molar-refractivity contribution is -0.118. The van der Waals surface area contributed by atoms with Crippen molar-refractivity contribution in [3.63, 3.8) is 0 Å². The molecular formula is C26H25N3O5S. The molecule has 0 saturated carbocycles. The lowest BCUT2D eigenvalue weighted by Crippen LogP contribution is -2.32. The first-order chi connectivity index (χ1) is 17.0. The number of carbonyl (C=O) groups is 2. The van der Waals surface area contributed by atoms with Gasteiger partial charge in [-0.1, -0.05) is 24.3 Å². The Balaban J connectivity index is 1.61. The summed E-state index contributed by atoms with van der Waals surface area (Å²) in [6.45, 7) is 0.450. The SMILES string of the molecule is COc1ccc(CNC(C(=O)Nc2ccc(OC)cc2)c2ccc3cc(C(=O)NO)sc3c2)cc1. The van der Waals surface area contributed by atoms with Crippen molar-refractivity contribution < 1.29 is 24.3 Å². The van der Waals surface area contributed by atoms with Crippen LogP contribution in [0.4, 0.5) is 5.69 Å². The van der Waals surface area contributed by atoms with Crippen LogP contribution in [0.5, 0.6) is 11.5 Å². The highest BCUT2D eigenvalue weighted by atomic mass is 32.1. The number of benzene rings is 3. The largest absolute Gasteiger partial charge is 0.497 e. The molecule has 4 rings (SSSR count). The van der Waals surface area contributed by atoms with E-state index in [-0.39, 0.29) is 5.91 Å². The van der Waals surface area contributed by atoms with Crippen LogP contribution >= 0.6 is 11.3 Å². The molecule has 9 heteroatoms. The molecule has 4 N–H and O–H groups in total. The van der Waals surface area contributed by atoms with Crippen LogP contribution in [-0.2, 0) is 11.3 Å². The molecule has 8 nitrogen and oxygen atoms in total. The Hall–Kier alpha value is -3.92. The van der Waals surface area contributed by atoms with Crippen molar-refractivity contribution in [2.45, 2.75) is 12.6 Å². The fraction of sp³-hybridized carbons (Fsp3) is 0.154. The molecule has 1 unspecified atom stereocenters. The Morgan fingerprint density at radius 3 is 2.20 bits per heavy atom. The minimum atomic E-state index is -0.666. The molecule has 0 aliphatic rings. The maximum atomic E-state index is 13.4. The number of hydroxylamine groups is 1. The highest BCUT2D eigenvalue weighted by Gasteiger charge is 2.22. The summed E-state index contributed by atoms with van der Waals surface area (Å²) in [5.41, 5.74) is 4.04. The minimum absolute atomic E-state index is 0.229. The van der Waals surface area contributed by atoms with Crippen molar-refractivity contribution in [3.8, 4) is 11.5 Å². The van der Waals surface area contributed by atoms with Gasteiger partial charge in [-0.3, -0.25) is 20.1 Å². The summed E-state index contributed by atoms with van der Waals surface area (Å²) in [4.78, 5) is 25.6. The number of methoxy groups -OCH3 is 2. The smallest absolute Gasteiger partial charge is 0.284 e. The van der Waals surface area contributed by atoms with Crippen molar-refractivity contribution in [1.29, 1.82) is 0 Å². The van der Waals surface area contributed by atoms with Crippen LogP contribution in [0.3, 0.4) is 0 Å².